The van der Waals surface area contributed by atoms with Crippen LogP contribution in [0, 0.1) is 11.8 Å². The van der Waals surface area contributed by atoms with Crippen molar-refractivity contribution in [2.75, 3.05) is 45.8 Å². The molecule has 292 valence electrons. The molecule has 1 aromatic carbocycles. The molecule has 3 aliphatic rings. The van der Waals surface area contributed by atoms with Gasteiger partial charge in [0, 0.05) is 39.3 Å². The SMILES string of the molecule is CCCCNC(=O)N1C[C@@H](O)[C@H](O)[C@@H](C(F)F)C1.CCCCNC(=S)N1C[C@@H](O)[C@H](O)[C@@H](C(F)F)C1.NC(=S)N1CCCCC1c1ccccc1. The van der Waals surface area contributed by atoms with Crippen molar-refractivity contribution in [3.8, 4) is 0 Å². The minimum atomic E-state index is -2.76. The molecule has 3 fully saturated rings. The van der Waals surface area contributed by atoms with E-state index in [1.165, 1.54) is 23.3 Å². The Balaban J connectivity index is 0.000000266. The van der Waals surface area contributed by atoms with Gasteiger partial charge in [-0.15, -0.1) is 0 Å². The van der Waals surface area contributed by atoms with Gasteiger partial charge in [-0.05, 0) is 62.1 Å². The van der Waals surface area contributed by atoms with Crippen LogP contribution < -0.4 is 16.4 Å². The number of urea groups is 1. The Morgan fingerprint density at radius 1 is 0.824 bits per heavy atom. The van der Waals surface area contributed by atoms with Crippen LogP contribution in [0.15, 0.2) is 30.3 Å². The molecule has 0 aliphatic carbocycles. The van der Waals surface area contributed by atoms with Crippen LogP contribution in [0.5, 0.6) is 0 Å². The van der Waals surface area contributed by atoms with Crippen LogP contribution in [0.3, 0.4) is 0 Å². The van der Waals surface area contributed by atoms with Gasteiger partial charge in [0.2, 0.25) is 12.9 Å². The van der Waals surface area contributed by atoms with E-state index in [1.807, 2.05) is 19.9 Å². The number of likely N-dealkylation sites (tertiary alicyclic amines) is 3. The predicted molar refractivity (Wildman–Crippen MR) is 197 cm³/mol. The number of nitrogens with one attached hydrogen (secondary N) is 2. The number of rotatable bonds is 9. The van der Waals surface area contributed by atoms with E-state index in [1.54, 1.807) is 0 Å². The average Bonchev–Trinajstić information content (AvgIpc) is 3.11. The number of halogens is 4. The Kier molecular flexibility index (Phi) is 20.3. The molecule has 0 spiro atoms. The Morgan fingerprint density at radius 3 is 1.84 bits per heavy atom. The van der Waals surface area contributed by atoms with E-state index in [4.69, 9.17) is 30.2 Å². The van der Waals surface area contributed by atoms with E-state index in [2.05, 4.69) is 39.8 Å². The monoisotopic (exact) mass is 768 g/mol. The molecule has 0 saturated carbocycles. The van der Waals surface area contributed by atoms with Crippen molar-refractivity contribution < 1.29 is 42.8 Å². The van der Waals surface area contributed by atoms with Crippen LogP contribution in [0.25, 0.3) is 0 Å². The summed E-state index contributed by atoms with van der Waals surface area (Å²) in [6.07, 6.45) is -3.53. The summed E-state index contributed by atoms with van der Waals surface area (Å²) in [7, 11) is 0. The van der Waals surface area contributed by atoms with Gasteiger partial charge in [0.25, 0.3) is 0 Å². The number of carbonyl (C=O) groups excluding carboxylic acids is 1. The summed E-state index contributed by atoms with van der Waals surface area (Å²) < 4.78 is 50.8. The molecular weight excluding hydrogens is 713 g/mol. The number of aliphatic hydroxyl groups is 4. The zero-order chi connectivity index (χ0) is 38.1. The lowest BCUT2D eigenvalue weighted by atomic mass is 9.93. The van der Waals surface area contributed by atoms with Gasteiger partial charge in [-0.1, -0.05) is 57.0 Å². The highest BCUT2D eigenvalue weighted by Gasteiger charge is 2.42. The zero-order valence-electron chi connectivity index (χ0n) is 29.4. The van der Waals surface area contributed by atoms with Gasteiger partial charge in [0.05, 0.1) is 48.8 Å². The summed E-state index contributed by atoms with van der Waals surface area (Å²) in [6, 6.07) is 10.4. The Bertz CT molecular complexity index is 1130. The highest BCUT2D eigenvalue weighted by Crippen LogP contribution is 2.30. The molecule has 1 unspecified atom stereocenters. The van der Waals surface area contributed by atoms with Crippen molar-refractivity contribution in [3.63, 3.8) is 0 Å². The van der Waals surface area contributed by atoms with Gasteiger partial charge in [-0.25, -0.2) is 22.4 Å². The molecule has 11 nitrogen and oxygen atoms in total. The predicted octanol–water partition coefficient (Wildman–Crippen LogP) is 3.45. The normalized spacial score (nSPS) is 26.4. The first kappa shape index (κ1) is 44.6. The molecule has 3 heterocycles. The molecule has 4 rings (SSSR count). The first-order valence-electron chi connectivity index (χ1n) is 17.7. The first-order valence-corrected chi connectivity index (χ1v) is 18.5. The molecule has 7 atom stereocenters. The van der Waals surface area contributed by atoms with Crippen LogP contribution in [0.2, 0.25) is 0 Å². The van der Waals surface area contributed by atoms with Crippen molar-refractivity contribution in [2.24, 2.45) is 17.6 Å². The number of alkyl halides is 4. The largest absolute Gasteiger partial charge is 0.390 e. The highest BCUT2D eigenvalue weighted by molar-refractivity contribution is 7.80. The average molecular weight is 769 g/mol. The van der Waals surface area contributed by atoms with Crippen molar-refractivity contribution in [1.82, 2.24) is 25.3 Å². The lowest BCUT2D eigenvalue weighted by Gasteiger charge is -2.40. The fourth-order valence-electron chi connectivity index (χ4n) is 6.09. The van der Waals surface area contributed by atoms with E-state index >= 15 is 0 Å². The van der Waals surface area contributed by atoms with Crippen molar-refractivity contribution in [2.45, 2.75) is 102 Å². The maximum absolute atomic E-state index is 12.7. The zero-order valence-corrected chi connectivity index (χ0v) is 31.1. The molecule has 0 aromatic heterocycles. The standard InChI is InChI=1S/C12H16N2S.C11H20F2N2O3.C11H20F2N2O2S/c13-12(15)14-9-5-4-8-11(14)10-6-2-1-3-7-10;2*1-2-3-4-14-11(18)15-5-7(10(12)13)9(17)8(16)6-15/h1-3,6-7,11H,4-5,8-9H2,(H2,13,15);2*7-10,16-17H,2-6H2,1H3,(H,14,18)/t;2*7-,8+,9+/m.00/s1. The fraction of sp³-hybridized carbons (Fsp3) is 0.735. The van der Waals surface area contributed by atoms with E-state index in [-0.39, 0.29) is 26.2 Å². The lowest BCUT2D eigenvalue weighted by molar-refractivity contribution is -0.107. The van der Waals surface area contributed by atoms with E-state index in [0.29, 0.717) is 29.4 Å². The summed E-state index contributed by atoms with van der Waals surface area (Å²) in [5.74, 6) is -2.66. The number of nitrogens with zero attached hydrogens (tertiary/aromatic N) is 3. The second kappa shape index (κ2) is 23.2. The highest BCUT2D eigenvalue weighted by atomic mass is 32.1. The van der Waals surface area contributed by atoms with Crippen molar-refractivity contribution in [3.05, 3.63) is 35.9 Å². The van der Waals surface area contributed by atoms with Gasteiger partial charge in [0.15, 0.2) is 10.2 Å². The number of unbranched alkanes of at least 4 members (excludes halogenated alkanes) is 2. The maximum atomic E-state index is 12.7. The van der Waals surface area contributed by atoms with Crippen LogP contribution >= 0.6 is 24.4 Å². The van der Waals surface area contributed by atoms with Crippen LogP contribution in [0.4, 0.5) is 22.4 Å². The molecule has 17 heteroatoms. The van der Waals surface area contributed by atoms with Crippen molar-refractivity contribution >= 4 is 40.7 Å². The third kappa shape index (κ3) is 14.4. The van der Waals surface area contributed by atoms with Crippen LogP contribution in [-0.2, 0) is 0 Å². The molecule has 3 aliphatic heterocycles. The van der Waals surface area contributed by atoms with Gasteiger partial charge in [0.1, 0.15) is 0 Å². The lowest BCUT2D eigenvalue weighted by Crippen LogP contribution is -2.58. The van der Waals surface area contributed by atoms with Gasteiger partial charge in [-0.3, -0.25) is 0 Å². The van der Waals surface area contributed by atoms with Gasteiger partial charge in [-0.2, -0.15) is 0 Å². The molecule has 51 heavy (non-hydrogen) atoms. The Morgan fingerprint density at radius 2 is 1.33 bits per heavy atom. The number of carbonyl (C=O) groups is 1. The number of thiocarbonyl (C=S) groups is 2. The summed E-state index contributed by atoms with van der Waals surface area (Å²) in [4.78, 5) is 16.4. The number of amides is 2. The molecule has 3 saturated heterocycles. The summed E-state index contributed by atoms with van der Waals surface area (Å²) in [6.45, 7) is 5.85. The molecule has 1 aromatic rings. The van der Waals surface area contributed by atoms with E-state index < -0.39 is 55.1 Å². The van der Waals surface area contributed by atoms with E-state index in [9.17, 15) is 42.8 Å². The fourth-order valence-corrected chi connectivity index (χ4v) is 6.56. The third-order valence-electron chi connectivity index (χ3n) is 9.15. The molecule has 2 amide bonds. The summed E-state index contributed by atoms with van der Waals surface area (Å²) in [5.41, 5.74) is 7.08. The number of piperidine rings is 3. The smallest absolute Gasteiger partial charge is 0.317 e. The molecular formula is C34H56F4N6O5S2. The Hall–Kier alpha value is -2.57. The quantitative estimate of drug-likeness (QED) is 0.112. The number of aliphatic hydroxyl groups excluding tert-OH is 4. The Labute approximate surface area is 309 Å². The number of hydrogen-bond acceptors (Lipinski definition) is 7. The first-order chi connectivity index (χ1) is 24.2. The van der Waals surface area contributed by atoms with Crippen LogP contribution in [-0.4, -0.2) is 134 Å². The summed E-state index contributed by atoms with van der Waals surface area (Å²) >= 11 is 10.2. The molecule has 8 N–H and O–H groups in total. The summed E-state index contributed by atoms with van der Waals surface area (Å²) in [5, 5.41) is 44.5. The molecule has 0 bridgehead atoms. The number of nitrogens with two attached hydrogens (primary N) is 1. The van der Waals surface area contributed by atoms with Crippen LogP contribution in [0.1, 0.15) is 70.4 Å². The van der Waals surface area contributed by atoms with Gasteiger partial charge >= 0.3 is 6.03 Å². The number of hydrogen-bond donors (Lipinski definition) is 7. The number of β-amino-alcohol motifs (C(OH)–C–C–N with tert-alkyl or cyclic N) is 2. The second-order valence-electron chi connectivity index (χ2n) is 13.0. The maximum Gasteiger partial charge on any atom is 0.317 e. The van der Waals surface area contributed by atoms with E-state index in [0.717, 1.165) is 43.5 Å². The number of benzene rings is 1. The topological polar surface area (TPSA) is 158 Å². The van der Waals surface area contributed by atoms with Gasteiger partial charge < -0.3 is 51.5 Å². The minimum Gasteiger partial charge on any atom is -0.390 e. The van der Waals surface area contributed by atoms with Crippen molar-refractivity contribution in [1.29, 1.82) is 0 Å². The molecule has 0 radical (unpaired) electrons. The third-order valence-corrected chi connectivity index (χ3v) is 9.79. The second-order valence-corrected chi connectivity index (χ2v) is 13.9. The minimum absolute atomic E-state index is 0.0339.